The number of methoxy groups -OCH3 is 2. The van der Waals surface area contributed by atoms with Gasteiger partial charge in [0.1, 0.15) is 0 Å². The third-order valence-corrected chi connectivity index (χ3v) is 1.54. The van der Waals surface area contributed by atoms with E-state index in [1.807, 2.05) is 6.92 Å². The summed E-state index contributed by atoms with van der Waals surface area (Å²) in [5, 5.41) is 8.48. The van der Waals surface area contributed by atoms with Crippen molar-refractivity contribution in [2.45, 2.75) is 25.7 Å². The Morgan fingerprint density at radius 1 is 1.25 bits per heavy atom. The van der Waals surface area contributed by atoms with Gasteiger partial charge in [-0.3, -0.25) is 0 Å². The second kappa shape index (κ2) is 7.49. The Labute approximate surface area is 73.4 Å². The molecule has 1 N–H and O–H groups in total. The first kappa shape index (κ1) is 11.8. The summed E-state index contributed by atoms with van der Waals surface area (Å²) in [6.45, 7) is 2.33. The maximum Gasteiger partial charge on any atom is 0.159 e. The molecule has 1 unspecified atom stereocenters. The normalized spacial score (nSPS) is 13.8. The molecule has 0 aliphatic carbocycles. The number of aliphatic hydroxyl groups is 1. The molecule has 12 heavy (non-hydrogen) atoms. The van der Waals surface area contributed by atoms with E-state index in [0.717, 1.165) is 0 Å². The van der Waals surface area contributed by atoms with Gasteiger partial charge in [0.2, 0.25) is 0 Å². The third-order valence-electron chi connectivity index (χ3n) is 1.54. The maximum absolute atomic E-state index is 8.48. The van der Waals surface area contributed by atoms with Gasteiger partial charge in [-0.25, -0.2) is 0 Å². The second-order valence-corrected chi connectivity index (χ2v) is 2.54. The molecule has 4 heteroatoms. The molecule has 0 aromatic rings. The Hall–Kier alpha value is -0.160. The van der Waals surface area contributed by atoms with E-state index in [1.165, 1.54) is 0 Å². The molecule has 0 aromatic heterocycles. The highest BCUT2D eigenvalue weighted by Crippen LogP contribution is 2.05. The van der Waals surface area contributed by atoms with E-state index in [0.29, 0.717) is 13.0 Å². The molecule has 74 valence electrons. The zero-order chi connectivity index (χ0) is 9.40. The topological polar surface area (TPSA) is 47.9 Å². The molecule has 0 heterocycles. The lowest BCUT2D eigenvalue weighted by molar-refractivity contribution is -0.128. The molecule has 4 nitrogen and oxygen atoms in total. The zero-order valence-electron chi connectivity index (χ0n) is 7.95. The lowest BCUT2D eigenvalue weighted by Gasteiger charge is -2.18. The molecule has 0 saturated heterocycles. The summed E-state index contributed by atoms with van der Waals surface area (Å²) in [6.07, 6.45) is 0.494. The molecule has 0 aromatic carbocycles. The van der Waals surface area contributed by atoms with Crippen LogP contribution in [-0.4, -0.2) is 44.9 Å². The minimum atomic E-state index is -0.223. The SMILES string of the molecule is COC(CC(C)OCCO)OC. The highest BCUT2D eigenvalue weighted by atomic mass is 16.7. The predicted molar refractivity (Wildman–Crippen MR) is 44.9 cm³/mol. The van der Waals surface area contributed by atoms with Gasteiger partial charge in [-0.15, -0.1) is 0 Å². The first-order valence-corrected chi connectivity index (χ1v) is 4.02. The molecular weight excluding hydrogens is 160 g/mol. The van der Waals surface area contributed by atoms with E-state index in [2.05, 4.69) is 0 Å². The van der Waals surface area contributed by atoms with E-state index in [9.17, 15) is 0 Å². The largest absolute Gasteiger partial charge is 0.394 e. The lowest BCUT2D eigenvalue weighted by Crippen LogP contribution is -2.22. The van der Waals surface area contributed by atoms with Crippen LogP contribution in [0, 0.1) is 0 Å². The van der Waals surface area contributed by atoms with Crippen molar-refractivity contribution in [3.8, 4) is 0 Å². The van der Waals surface area contributed by atoms with Crippen molar-refractivity contribution in [2.24, 2.45) is 0 Å². The van der Waals surface area contributed by atoms with Crippen LogP contribution < -0.4 is 0 Å². The van der Waals surface area contributed by atoms with Gasteiger partial charge in [-0.05, 0) is 6.92 Å². The Bertz CT molecular complexity index is 93.1. The van der Waals surface area contributed by atoms with Gasteiger partial charge in [-0.2, -0.15) is 0 Å². The highest BCUT2D eigenvalue weighted by Gasteiger charge is 2.11. The number of ether oxygens (including phenoxy) is 3. The summed E-state index contributed by atoms with van der Waals surface area (Å²) in [4.78, 5) is 0. The molecule has 1 atom stereocenters. The van der Waals surface area contributed by atoms with Crippen molar-refractivity contribution >= 4 is 0 Å². The molecule has 0 saturated carbocycles. The summed E-state index contributed by atoms with van der Waals surface area (Å²) >= 11 is 0. The first-order valence-electron chi connectivity index (χ1n) is 4.02. The molecule has 0 fully saturated rings. The van der Waals surface area contributed by atoms with Crippen LogP contribution in [0.2, 0.25) is 0 Å². The fourth-order valence-corrected chi connectivity index (χ4v) is 0.882. The summed E-state index contributed by atoms with van der Waals surface area (Å²) in [6, 6.07) is 0. The van der Waals surface area contributed by atoms with Crippen LogP contribution in [-0.2, 0) is 14.2 Å². The second-order valence-electron chi connectivity index (χ2n) is 2.54. The Morgan fingerprint density at radius 2 is 1.83 bits per heavy atom. The van der Waals surface area contributed by atoms with Gasteiger partial charge in [0.15, 0.2) is 6.29 Å². The Balaban J connectivity index is 3.44. The van der Waals surface area contributed by atoms with E-state index in [-0.39, 0.29) is 19.0 Å². The van der Waals surface area contributed by atoms with Crippen molar-refractivity contribution < 1.29 is 19.3 Å². The smallest absolute Gasteiger partial charge is 0.159 e. The van der Waals surface area contributed by atoms with Crippen molar-refractivity contribution in [1.82, 2.24) is 0 Å². The Morgan fingerprint density at radius 3 is 2.25 bits per heavy atom. The molecule has 0 amide bonds. The molecule has 0 aliphatic rings. The molecule has 0 aliphatic heterocycles. The number of rotatable bonds is 7. The minimum Gasteiger partial charge on any atom is -0.394 e. The third kappa shape index (κ3) is 5.49. The van der Waals surface area contributed by atoms with Crippen molar-refractivity contribution in [2.75, 3.05) is 27.4 Å². The van der Waals surface area contributed by atoms with E-state index >= 15 is 0 Å². The van der Waals surface area contributed by atoms with Crippen molar-refractivity contribution in [3.05, 3.63) is 0 Å². The Kier molecular flexibility index (Phi) is 7.39. The van der Waals surface area contributed by atoms with Crippen LogP contribution in [0.5, 0.6) is 0 Å². The lowest BCUT2D eigenvalue weighted by atomic mass is 10.3. The van der Waals surface area contributed by atoms with Crippen LogP contribution in [0.3, 0.4) is 0 Å². The van der Waals surface area contributed by atoms with Gasteiger partial charge in [0, 0.05) is 20.6 Å². The fraction of sp³-hybridized carbons (Fsp3) is 1.00. The van der Waals surface area contributed by atoms with E-state index < -0.39 is 0 Å². The quantitative estimate of drug-likeness (QED) is 0.573. The predicted octanol–water partition coefficient (Wildman–Crippen LogP) is 0.393. The van der Waals surface area contributed by atoms with E-state index in [1.54, 1.807) is 14.2 Å². The van der Waals surface area contributed by atoms with Gasteiger partial charge in [0.05, 0.1) is 19.3 Å². The van der Waals surface area contributed by atoms with Crippen molar-refractivity contribution in [1.29, 1.82) is 0 Å². The standard InChI is InChI=1S/C8H18O4/c1-7(12-5-4-9)6-8(10-2)11-3/h7-9H,4-6H2,1-3H3. The first-order chi connectivity index (χ1) is 5.74. The van der Waals surface area contributed by atoms with Gasteiger partial charge < -0.3 is 19.3 Å². The monoisotopic (exact) mass is 178 g/mol. The summed E-state index contributed by atoms with van der Waals surface area (Å²) in [5.41, 5.74) is 0. The number of hydrogen-bond donors (Lipinski definition) is 1. The van der Waals surface area contributed by atoms with E-state index in [4.69, 9.17) is 19.3 Å². The van der Waals surface area contributed by atoms with Gasteiger partial charge in [-0.1, -0.05) is 0 Å². The average Bonchev–Trinajstić information content (AvgIpc) is 2.10. The van der Waals surface area contributed by atoms with Crippen LogP contribution in [0.4, 0.5) is 0 Å². The number of aliphatic hydroxyl groups excluding tert-OH is 1. The molecular formula is C8H18O4. The summed E-state index contributed by atoms with van der Waals surface area (Å²) in [5.74, 6) is 0. The van der Waals surface area contributed by atoms with Crippen LogP contribution >= 0.6 is 0 Å². The molecule has 0 spiro atoms. The average molecular weight is 178 g/mol. The zero-order valence-corrected chi connectivity index (χ0v) is 7.95. The molecule has 0 radical (unpaired) electrons. The van der Waals surface area contributed by atoms with Crippen molar-refractivity contribution in [3.63, 3.8) is 0 Å². The molecule has 0 bridgehead atoms. The van der Waals surface area contributed by atoms with Gasteiger partial charge >= 0.3 is 0 Å². The minimum absolute atomic E-state index is 0.0436. The highest BCUT2D eigenvalue weighted by molar-refractivity contribution is 4.53. The number of hydrogen-bond acceptors (Lipinski definition) is 4. The van der Waals surface area contributed by atoms with Gasteiger partial charge in [0.25, 0.3) is 0 Å². The summed E-state index contributed by atoms with van der Waals surface area (Å²) < 4.78 is 15.2. The maximum atomic E-state index is 8.48. The van der Waals surface area contributed by atoms with Crippen LogP contribution in [0.25, 0.3) is 0 Å². The summed E-state index contributed by atoms with van der Waals surface area (Å²) in [7, 11) is 3.18. The van der Waals surface area contributed by atoms with Crippen LogP contribution in [0.1, 0.15) is 13.3 Å². The fourth-order valence-electron chi connectivity index (χ4n) is 0.882. The molecule has 0 rings (SSSR count). The van der Waals surface area contributed by atoms with Crippen LogP contribution in [0.15, 0.2) is 0 Å².